The third kappa shape index (κ3) is 8.16. The number of aliphatic carboxylic acids is 2. The molecular weight excluding hydrogens is 626 g/mol. The third-order valence-electron chi connectivity index (χ3n) is 7.03. The van der Waals surface area contributed by atoms with E-state index in [-0.39, 0.29) is 23.7 Å². The Morgan fingerprint density at radius 3 is 2.40 bits per heavy atom. The zero-order valence-electron chi connectivity index (χ0n) is 25.4. The van der Waals surface area contributed by atoms with Gasteiger partial charge in [0.05, 0.1) is 24.0 Å². The standard InChI is InChI=1S/C27H27N9O2S.C4H4O4/c1-17-16-39-24(31-17)21-9-6-12-35(21)25(37)19-13-20(32-22(14-19)36-29-10-11-30-36)23-33-34-26(38-23)27(2,28)15-18-7-4-3-5-8-18;5-3(6)1-2-4(7)8/h3-5,7-8,10-11,13-14,16,21H,6,9,12,15,28H2,1-2H3;1-2H,(H,5,6)(H,7,8)/t21-,27-;/m1./s1. The number of benzene rings is 1. The lowest BCUT2D eigenvalue weighted by molar-refractivity contribution is -0.134. The predicted octanol–water partition coefficient (Wildman–Crippen LogP) is 3.58. The fourth-order valence-corrected chi connectivity index (χ4v) is 5.88. The third-order valence-corrected chi connectivity index (χ3v) is 8.10. The van der Waals surface area contributed by atoms with E-state index in [0.717, 1.165) is 29.1 Å². The molecule has 1 aliphatic heterocycles. The van der Waals surface area contributed by atoms with Crippen LogP contribution in [0.5, 0.6) is 0 Å². The largest absolute Gasteiger partial charge is 0.478 e. The van der Waals surface area contributed by atoms with Crippen LogP contribution in [0, 0.1) is 6.92 Å². The number of aromatic nitrogens is 7. The maximum absolute atomic E-state index is 13.8. The average Bonchev–Trinajstić information content (AvgIpc) is 3.87. The molecule has 242 valence electrons. The summed E-state index contributed by atoms with van der Waals surface area (Å²) in [4.78, 5) is 45.5. The Morgan fingerprint density at radius 2 is 1.77 bits per heavy atom. The molecule has 1 saturated heterocycles. The lowest BCUT2D eigenvalue weighted by Crippen LogP contribution is -2.35. The Labute approximate surface area is 272 Å². The van der Waals surface area contributed by atoms with Gasteiger partial charge in [-0.3, -0.25) is 4.79 Å². The van der Waals surface area contributed by atoms with Crippen LogP contribution in [0.4, 0.5) is 0 Å². The molecule has 6 rings (SSSR count). The maximum atomic E-state index is 13.8. The molecule has 0 radical (unpaired) electrons. The topological polar surface area (TPSA) is 216 Å². The number of amides is 1. The van der Waals surface area contributed by atoms with E-state index in [1.807, 2.05) is 54.5 Å². The number of hydrogen-bond acceptors (Lipinski definition) is 12. The van der Waals surface area contributed by atoms with Crippen LogP contribution in [0.25, 0.3) is 17.4 Å². The number of likely N-dealkylation sites (tertiary alicyclic amines) is 1. The van der Waals surface area contributed by atoms with Crippen molar-refractivity contribution in [2.24, 2.45) is 5.73 Å². The number of carbonyl (C=O) groups is 3. The number of rotatable bonds is 9. The molecule has 16 heteroatoms. The van der Waals surface area contributed by atoms with Crippen molar-refractivity contribution in [2.75, 3.05) is 6.54 Å². The summed E-state index contributed by atoms with van der Waals surface area (Å²) in [6.45, 7) is 4.45. The number of nitrogens with zero attached hydrogens (tertiary/aromatic N) is 8. The number of hydrogen-bond donors (Lipinski definition) is 3. The van der Waals surface area contributed by atoms with Gasteiger partial charge in [0.25, 0.3) is 11.8 Å². The highest BCUT2D eigenvalue weighted by atomic mass is 32.1. The van der Waals surface area contributed by atoms with Crippen molar-refractivity contribution in [1.82, 2.24) is 40.1 Å². The molecule has 0 aliphatic carbocycles. The van der Waals surface area contributed by atoms with Gasteiger partial charge in [-0.2, -0.15) is 10.2 Å². The van der Waals surface area contributed by atoms with Crippen LogP contribution < -0.4 is 5.73 Å². The van der Waals surface area contributed by atoms with Gasteiger partial charge >= 0.3 is 11.9 Å². The molecule has 5 aromatic rings. The SMILES string of the molecule is Cc1csc([C@H]2CCCN2C(=O)c2cc(-c3nnc([C@](C)(N)Cc4ccccc4)o3)nc(-n3nccn3)c2)n1.O=C(O)C=CC(=O)O. The summed E-state index contributed by atoms with van der Waals surface area (Å²) in [5.41, 5.74) is 8.46. The summed E-state index contributed by atoms with van der Waals surface area (Å²) < 4.78 is 6.04. The zero-order chi connectivity index (χ0) is 33.6. The van der Waals surface area contributed by atoms with Crippen LogP contribution in [-0.4, -0.2) is 74.7 Å². The van der Waals surface area contributed by atoms with Gasteiger partial charge in [-0.15, -0.1) is 26.3 Å². The van der Waals surface area contributed by atoms with Gasteiger partial charge < -0.3 is 25.3 Å². The molecule has 4 N–H and O–H groups in total. The summed E-state index contributed by atoms with van der Waals surface area (Å²) in [6.07, 6.45) is 6.50. The first-order valence-corrected chi connectivity index (χ1v) is 15.3. The Kier molecular flexibility index (Phi) is 9.91. The van der Waals surface area contributed by atoms with Crippen molar-refractivity contribution in [3.63, 3.8) is 0 Å². The number of carbonyl (C=O) groups excluding carboxylic acids is 1. The molecular formula is C31H31N9O6S. The zero-order valence-corrected chi connectivity index (χ0v) is 26.2. The van der Waals surface area contributed by atoms with Crippen LogP contribution in [0.1, 0.15) is 58.3 Å². The van der Waals surface area contributed by atoms with Crippen LogP contribution in [0.2, 0.25) is 0 Å². The summed E-state index contributed by atoms with van der Waals surface area (Å²) in [5.74, 6) is -1.85. The molecule has 47 heavy (non-hydrogen) atoms. The van der Waals surface area contributed by atoms with Gasteiger partial charge in [-0.1, -0.05) is 30.3 Å². The summed E-state index contributed by atoms with van der Waals surface area (Å²) in [5, 5.41) is 35.5. The molecule has 1 amide bonds. The van der Waals surface area contributed by atoms with E-state index in [1.165, 1.54) is 4.80 Å². The van der Waals surface area contributed by atoms with Gasteiger partial charge in [-0.25, -0.2) is 19.6 Å². The monoisotopic (exact) mass is 657 g/mol. The minimum Gasteiger partial charge on any atom is -0.478 e. The van der Waals surface area contributed by atoms with Crippen molar-refractivity contribution < 1.29 is 29.0 Å². The van der Waals surface area contributed by atoms with E-state index in [2.05, 4.69) is 30.4 Å². The summed E-state index contributed by atoms with van der Waals surface area (Å²) >= 11 is 1.58. The van der Waals surface area contributed by atoms with E-state index in [0.29, 0.717) is 42.2 Å². The van der Waals surface area contributed by atoms with Crippen molar-refractivity contribution in [2.45, 2.75) is 44.7 Å². The molecule has 2 atom stereocenters. The molecule has 0 unspecified atom stereocenters. The molecule has 1 aliphatic rings. The molecule has 1 fully saturated rings. The van der Waals surface area contributed by atoms with Crippen LogP contribution in [0.15, 0.2) is 76.8 Å². The fourth-order valence-electron chi connectivity index (χ4n) is 4.94. The molecule has 15 nitrogen and oxygen atoms in total. The first-order chi connectivity index (χ1) is 22.5. The Balaban J connectivity index is 0.000000483. The number of pyridine rings is 1. The van der Waals surface area contributed by atoms with Gasteiger partial charge in [0.2, 0.25) is 5.89 Å². The molecule has 0 spiro atoms. The van der Waals surface area contributed by atoms with Gasteiger partial charge in [-0.05, 0) is 50.8 Å². The highest BCUT2D eigenvalue weighted by Crippen LogP contribution is 2.35. The molecule has 5 heterocycles. The number of aryl methyl sites for hydroxylation is 1. The van der Waals surface area contributed by atoms with Crippen LogP contribution in [0.3, 0.4) is 0 Å². The van der Waals surface area contributed by atoms with Crippen molar-refractivity contribution >= 4 is 29.2 Å². The van der Waals surface area contributed by atoms with E-state index < -0.39 is 17.5 Å². The average molecular weight is 658 g/mol. The lowest BCUT2D eigenvalue weighted by atomic mass is 9.94. The summed E-state index contributed by atoms with van der Waals surface area (Å²) in [7, 11) is 0. The smallest absolute Gasteiger partial charge is 0.328 e. The Hall–Kier alpha value is -5.61. The quantitative estimate of drug-likeness (QED) is 0.193. The van der Waals surface area contributed by atoms with Gasteiger partial charge in [0.1, 0.15) is 10.7 Å². The second-order valence-corrected chi connectivity index (χ2v) is 11.8. The first kappa shape index (κ1) is 32.8. The number of carboxylic acids is 2. The van der Waals surface area contributed by atoms with Crippen molar-refractivity contribution in [3.05, 3.63) is 100 Å². The minimum absolute atomic E-state index is 0.0648. The van der Waals surface area contributed by atoms with Crippen LogP contribution in [-0.2, 0) is 21.5 Å². The number of carboxylic acid groups (broad SMARTS) is 2. The normalized spacial score (nSPS) is 15.6. The minimum atomic E-state index is -1.26. The van der Waals surface area contributed by atoms with E-state index in [1.54, 1.807) is 35.9 Å². The maximum Gasteiger partial charge on any atom is 0.328 e. The van der Waals surface area contributed by atoms with Crippen LogP contribution >= 0.6 is 11.3 Å². The fraction of sp³-hybridized carbons (Fsp3) is 0.258. The predicted molar refractivity (Wildman–Crippen MR) is 168 cm³/mol. The summed E-state index contributed by atoms with van der Waals surface area (Å²) in [6, 6.07) is 13.2. The van der Waals surface area contributed by atoms with E-state index in [9.17, 15) is 14.4 Å². The molecule has 0 bridgehead atoms. The lowest BCUT2D eigenvalue weighted by Gasteiger charge is -2.23. The highest BCUT2D eigenvalue weighted by Gasteiger charge is 2.34. The molecule has 4 aromatic heterocycles. The Morgan fingerprint density at radius 1 is 1.06 bits per heavy atom. The second-order valence-electron chi connectivity index (χ2n) is 10.9. The first-order valence-electron chi connectivity index (χ1n) is 14.4. The molecule has 1 aromatic carbocycles. The number of thiazole rings is 1. The molecule has 0 saturated carbocycles. The van der Waals surface area contributed by atoms with Crippen molar-refractivity contribution in [1.29, 1.82) is 0 Å². The van der Waals surface area contributed by atoms with E-state index in [4.69, 9.17) is 20.4 Å². The van der Waals surface area contributed by atoms with Crippen molar-refractivity contribution in [3.8, 4) is 17.4 Å². The van der Waals surface area contributed by atoms with Gasteiger partial charge in [0, 0.05) is 35.3 Å². The Bertz CT molecular complexity index is 1870. The van der Waals surface area contributed by atoms with Gasteiger partial charge in [0.15, 0.2) is 5.82 Å². The highest BCUT2D eigenvalue weighted by molar-refractivity contribution is 7.09. The second kappa shape index (κ2) is 14.2. The number of nitrogens with two attached hydrogens (primary N) is 1. The van der Waals surface area contributed by atoms with E-state index >= 15 is 0 Å².